The molecule has 0 aliphatic carbocycles. The maximum absolute atomic E-state index is 12.6. The molecule has 42 heavy (non-hydrogen) atoms. The monoisotopic (exact) mass is 596 g/mol. The Kier molecular flexibility index (Phi) is 9.57. The fourth-order valence-electron chi connectivity index (χ4n) is 4.49. The predicted octanol–water partition coefficient (Wildman–Crippen LogP) is 5.53. The van der Waals surface area contributed by atoms with Crippen LogP contribution in [0.25, 0.3) is 21.8 Å². The van der Waals surface area contributed by atoms with E-state index >= 15 is 0 Å². The lowest BCUT2D eigenvalue weighted by atomic mass is 10.1. The molecule has 4 N–H and O–H groups in total. The Hall–Kier alpha value is -4.55. The van der Waals surface area contributed by atoms with E-state index in [0.29, 0.717) is 23.0 Å². The Bertz CT molecular complexity index is 1760. The molecule has 0 aliphatic rings. The average Bonchev–Trinajstić information content (AvgIpc) is 3.42. The van der Waals surface area contributed by atoms with Crippen molar-refractivity contribution in [3.8, 4) is 0 Å². The second-order valence-electron chi connectivity index (χ2n) is 9.49. The van der Waals surface area contributed by atoms with Gasteiger partial charge in [0.2, 0.25) is 16.9 Å². The molecule has 0 aliphatic heterocycles. The molecule has 0 unspecified atom stereocenters. The van der Waals surface area contributed by atoms with Crippen molar-refractivity contribution in [2.75, 3.05) is 5.32 Å². The minimum Gasteiger partial charge on any atom is -0.305 e. The van der Waals surface area contributed by atoms with E-state index in [1.807, 2.05) is 60.7 Å². The summed E-state index contributed by atoms with van der Waals surface area (Å²) in [5, 5.41) is 33.3. The summed E-state index contributed by atoms with van der Waals surface area (Å²) in [4.78, 5) is 33.7. The van der Waals surface area contributed by atoms with Crippen LogP contribution in [-0.2, 0) is 28.9 Å². The van der Waals surface area contributed by atoms with Gasteiger partial charge in [-0.2, -0.15) is 0 Å². The average molecular weight is 597 g/mol. The summed E-state index contributed by atoms with van der Waals surface area (Å²) in [5.41, 5.74) is 3.41. The molecule has 0 radical (unpaired) electrons. The molecule has 0 saturated heterocycles. The van der Waals surface area contributed by atoms with Gasteiger partial charge in [-0.3, -0.25) is 30.4 Å². The number of unbranched alkanes of at least 4 members (excludes halogenated alkanes) is 1. The van der Waals surface area contributed by atoms with Gasteiger partial charge in [0.1, 0.15) is 5.01 Å². The molecule has 212 valence electrons. The Morgan fingerprint density at radius 2 is 1.43 bits per heavy atom. The summed E-state index contributed by atoms with van der Waals surface area (Å²) < 4.78 is 0. The van der Waals surface area contributed by atoms with Gasteiger partial charge in [0.25, 0.3) is 0 Å². The van der Waals surface area contributed by atoms with Gasteiger partial charge < -0.3 is 10.6 Å². The molecule has 3 heterocycles. The smallest absolute Gasteiger partial charge is 0.230 e. The number of nitrogens with zero attached hydrogens (tertiary/aromatic N) is 4. The molecule has 0 spiro atoms. The van der Waals surface area contributed by atoms with E-state index < -0.39 is 0 Å². The molecule has 0 fully saturated rings. The van der Waals surface area contributed by atoms with Gasteiger partial charge in [-0.15, -0.1) is 10.2 Å². The summed E-state index contributed by atoms with van der Waals surface area (Å²) >= 11 is 2.29. The van der Waals surface area contributed by atoms with Crippen molar-refractivity contribution in [3.63, 3.8) is 0 Å². The molecule has 0 atom stereocenters. The number of aryl methyl sites for hydroxylation is 1. The van der Waals surface area contributed by atoms with Crippen LogP contribution in [-0.4, -0.2) is 42.2 Å². The van der Waals surface area contributed by atoms with E-state index in [0.717, 1.165) is 62.5 Å². The Balaban J connectivity index is 1.00. The molecule has 2 amide bonds. The van der Waals surface area contributed by atoms with Crippen molar-refractivity contribution in [1.82, 2.24) is 25.5 Å². The third-order valence-corrected chi connectivity index (χ3v) is 8.07. The highest BCUT2D eigenvalue weighted by Crippen LogP contribution is 2.21. The lowest BCUT2D eigenvalue weighted by Gasteiger charge is -2.09. The molecule has 2 aromatic carbocycles. The quantitative estimate of drug-likeness (QED) is 0.0937. The van der Waals surface area contributed by atoms with Crippen LogP contribution in [0.2, 0.25) is 0 Å². The first-order chi connectivity index (χ1) is 20.4. The number of anilines is 1. The van der Waals surface area contributed by atoms with E-state index in [1.54, 1.807) is 12.4 Å². The van der Waals surface area contributed by atoms with E-state index in [1.165, 1.54) is 11.3 Å². The van der Waals surface area contributed by atoms with E-state index in [9.17, 15) is 9.59 Å². The highest BCUT2D eigenvalue weighted by molar-refractivity contribution is 8.26. The van der Waals surface area contributed by atoms with Crippen LogP contribution in [0.3, 0.4) is 0 Å². The molecule has 0 bridgehead atoms. The number of carbonyl (C=O) groups excluding carboxylic acids is 2. The zero-order valence-corrected chi connectivity index (χ0v) is 24.2. The van der Waals surface area contributed by atoms with Crippen LogP contribution >= 0.6 is 23.1 Å². The zero-order chi connectivity index (χ0) is 29.3. The third-order valence-electron chi connectivity index (χ3n) is 6.41. The summed E-state index contributed by atoms with van der Waals surface area (Å²) in [6.07, 6.45) is 6.46. The van der Waals surface area contributed by atoms with Crippen LogP contribution in [0.5, 0.6) is 0 Å². The fraction of sp³-hybridized carbons (Fsp3) is 0.200. The second-order valence-corrected chi connectivity index (χ2v) is 11.7. The van der Waals surface area contributed by atoms with Crippen LogP contribution in [0, 0.1) is 10.8 Å². The van der Waals surface area contributed by atoms with Gasteiger partial charge in [-0.25, -0.2) is 0 Å². The van der Waals surface area contributed by atoms with E-state index in [4.69, 9.17) is 10.8 Å². The van der Waals surface area contributed by atoms with Gasteiger partial charge in [0, 0.05) is 29.6 Å². The van der Waals surface area contributed by atoms with E-state index in [-0.39, 0.29) is 29.8 Å². The highest BCUT2D eigenvalue weighted by atomic mass is 32.2. The Labute approximate surface area is 250 Å². The number of carbonyl (C=O) groups is 2. The van der Waals surface area contributed by atoms with Crippen LogP contribution in [0.4, 0.5) is 5.13 Å². The summed E-state index contributed by atoms with van der Waals surface area (Å²) in [7, 11) is 0. The summed E-state index contributed by atoms with van der Waals surface area (Å²) in [5.74, 6) is -0.465. The standard InChI is InChI=1S/C30H28N8O2S2/c31-25(41-29(32)35-26(39)17-19-7-3-11-23-21(19)9-5-15-33-23)13-1-2-14-28-37-38-30(42-28)36-27(40)18-20-8-4-12-24-22(20)10-6-16-34-24/h3-12,15-16,31H,1-2,13-14,17-18H2,(H2,32,35,39)(H,36,38,40). The van der Waals surface area contributed by atoms with Crippen molar-refractivity contribution in [3.05, 3.63) is 89.2 Å². The lowest BCUT2D eigenvalue weighted by Crippen LogP contribution is -2.29. The zero-order valence-electron chi connectivity index (χ0n) is 22.6. The summed E-state index contributed by atoms with van der Waals surface area (Å²) in [6.45, 7) is 0. The number of rotatable bonds is 10. The third kappa shape index (κ3) is 7.80. The van der Waals surface area contributed by atoms with Gasteiger partial charge in [-0.05, 0) is 66.4 Å². The second kappa shape index (κ2) is 13.9. The SMILES string of the molecule is N=C(CCCCc1nnc(NC(=O)Cc2cccc3ncccc23)s1)SC(=N)NC(=O)Cc1cccc2ncccc12. The maximum Gasteiger partial charge on any atom is 0.230 e. The topological polar surface area (TPSA) is 157 Å². The van der Waals surface area contributed by atoms with Crippen molar-refractivity contribution in [2.45, 2.75) is 38.5 Å². The number of benzene rings is 2. The highest BCUT2D eigenvalue weighted by Gasteiger charge is 2.13. The van der Waals surface area contributed by atoms with Crippen LogP contribution in [0.15, 0.2) is 73.1 Å². The van der Waals surface area contributed by atoms with Crippen molar-refractivity contribution >= 4 is 72.1 Å². The molecular weight excluding hydrogens is 569 g/mol. The van der Waals surface area contributed by atoms with Gasteiger partial charge >= 0.3 is 0 Å². The molecule has 3 aromatic heterocycles. The predicted molar refractivity (Wildman–Crippen MR) is 168 cm³/mol. The number of thioether (sulfide) groups is 1. The van der Waals surface area contributed by atoms with Crippen molar-refractivity contribution < 1.29 is 9.59 Å². The fourth-order valence-corrected chi connectivity index (χ4v) is 5.94. The molecule has 0 saturated carbocycles. The first-order valence-electron chi connectivity index (χ1n) is 13.4. The number of hydrogen-bond acceptors (Lipinski definition) is 10. The number of hydrogen-bond donors (Lipinski definition) is 4. The number of amides is 2. The summed E-state index contributed by atoms with van der Waals surface area (Å²) in [6, 6.07) is 18.9. The molecular formula is C30H28N8O2S2. The first-order valence-corrected chi connectivity index (χ1v) is 15.0. The van der Waals surface area contributed by atoms with Crippen LogP contribution < -0.4 is 10.6 Å². The van der Waals surface area contributed by atoms with Crippen molar-refractivity contribution in [2.24, 2.45) is 0 Å². The van der Waals surface area contributed by atoms with Gasteiger partial charge in [-0.1, -0.05) is 47.7 Å². The number of nitrogens with one attached hydrogen (secondary N) is 4. The molecule has 12 heteroatoms. The number of fused-ring (bicyclic) bond motifs is 2. The molecule has 5 rings (SSSR count). The minimum atomic E-state index is -0.301. The van der Waals surface area contributed by atoms with Crippen LogP contribution in [0.1, 0.15) is 35.4 Å². The largest absolute Gasteiger partial charge is 0.305 e. The Morgan fingerprint density at radius 1 is 0.786 bits per heavy atom. The maximum atomic E-state index is 12.6. The molecule has 10 nitrogen and oxygen atoms in total. The van der Waals surface area contributed by atoms with E-state index in [2.05, 4.69) is 30.8 Å². The number of aromatic nitrogens is 4. The van der Waals surface area contributed by atoms with Crippen molar-refractivity contribution in [1.29, 1.82) is 10.8 Å². The normalized spacial score (nSPS) is 11.0. The van der Waals surface area contributed by atoms with Gasteiger partial charge in [0.05, 0.1) is 28.9 Å². The number of amidine groups is 1. The Morgan fingerprint density at radius 3 is 2.10 bits per heavy atom. The molecule has 5 aromatic rings. The number of pyridine rings is 2. The van der Waals surface area contributed by atoms with Gasteiger partial charge in [0.15, 0.2) is 5.17 Å². The lowest BCUT2D eigenvalue weighted by molar-refractivity contribution is -0.119. The first kappa shape index (κ1) is 29.0. The minimum absolute atomic E-state index is 0.0624.